The highest BCUT2D eigenvalue weighted by Crippen LogP contribution is 2.18. The quantitative estimate of drug-likeness (QED) is 0.783. The molecule has 0 aromatic heterocycles. The minimum absolute atomic E-state index is 0.221. The summed E-state index contributed by atoms with van der Waals surface area (Å²) in [4.78, 5) is 13.3. The van der Waals surface area contributed by atoms with Gasteiger partial charge in [-0.15, -0.1) is 0 Å². The number of rotatable bonds is 4. The van der Waals surface area contributed by atoms with Crippen LogP contribution < -0.4 is 5.32 Å². The zero-order valence-corrected chi connectivity index (χ0v) is 11.5. The minimum Gasteiger partial charge on any atom is -0.481 e. The van der Waals surface area contributed by atoms with Crippen LogP contribution in [0.15, 0.2) is 0 Å². The van der Waals surface area contributed by atoms with Gasteiger partial charge in [-0.25, -0.2) is 0 Å². The molecule has 100 valence electrons. The van der Waals surface area contributed by atoms with Crippen molar-refractivity contribution in [3.05, 3.63) is 0 Å². The van der Waals surface area contributed by atoms with Crippen molar-refractivity contribution in [2.75, 3.05) is 26.2 Å². The van der Waals surface area contributed by atoms with E-state index in [2.05, 4.69) is 37.9 Å². The zero-order valence-electron chi connectivity index (χ0n) is 11.5. The molecule has 0 radical (unpaired) electrons. The van der Waals surface area contributed by atoms with Crippen LogP contribution in [0.1, 0.15) is 34.1 Å². The first-order valence-electron chi connectivity index (χ1n) is 6.50. The molecule has 17 heavy (non-hydrogen) atoms. The Bertz CT molecular complexity index is 261. The van der Waals surface area contributed by atoms with Crippen molar-refractivity contribution in [2.45, 2.75) is 40.2 Å². The van der Waals surface area contributed by atoms with Crippen molar-refractivity contribution < 1.29 is 9.90 Å². The molecule has 2 atom stereocenters. The zero-order chi connectivity index (χ0) is 13.1. The van der Waals surface area contributed by atoms with E-state index in [0.717, 1.165) is 26.1 Å². The monoisotopic (exact) mass is 242 g/mol. The summed E-state index contributed by atoms with van der Waals surface area (Å²) in [6.45, 7) is 12.2. The van der Waals surface area contributed by atoms with Crippen LogP contribution in [-0.4, -0.2) is 48.2 Å². The normalized spacial score (nSPS) is 27.1. The molecule has 1 heterocycles. The smallest absolute Gasteiger partial charge is 0.307 e. The van der Waals surface area contributed by atoms with Crippen molar-refractivity contribution in [2.24, 2.45) is 11.3 Å². The number of likely N-dealkylation sites (N-methyl/N-ethyl adjacent to an activating group) is 1. The highest BCUT2D eigenvalue weighted by atomic mass is 16.4. The SMILES string of the molecule is CCN1CC(NCC(C)(C)C)CC(C(=O)O)C1. The lowest BCUT2D eigenvalue weighted by Gasteiger charge is -2.37. The van der Waals surface area contributed by atoms with Gasteiger partial charge in [0.15, 0.2) is 0 Å². The van der Waals surface area contributed by atoms with E-state index in [-0.39, 0.29) is 11.3 Å². The number of carbonyl (C=O) groups is 1. The van der Waals surface area contributed by atoms with Crippen LogP contribution in [0.4, 0.5) is 0 Å². The Balaban J connectivity index is 2.51. The number of hydrogen-bond acceptors (Lipinski definition) is 3. The Labute approximate surface area is 104 Å². The fourth-order valence-electron chi connectivity index (χ4n) is 2.23. The molecule has 1 aliphatic heterocycles. The fraction of sp³-hybridized carbons (Fsp3) is 0.923. The van der Waals surface area contributed by atoms with E-state index >= 15 is 0 Å². The second kappa shape index (κ2) is 5.83. The van der Waals surface area contributed by atoms with Gasteiger partial charge in [0, 0.05) is 25.7 Å². The van der Waals surface area contributed by atoms with Gasteiger partial charge < -0.3 is 15.3 Å². The summed E-state index contributed by atoms with van der Waals surface area (Å²) in [6.07, 6.45) is 0.752. The third-order valence-electron chi connectivity index (χ3n) is 3.24. The molecule has 0 saturated carbocycles. The van der Waals surface area contributed by atoms with Gasteiger partial charge in [-0.3, -0.25) is 4.79 Å². The van der Waals surface area contributed by atoms with Crippen LogP contribution in [-0.2, 0) is 4.79 Å². The lowest BCUT2D eigenvalue weighted by atomic mass is 9.92. The molecule has 0 aliphatic carbocycles. The Morgan fingerprint density at radius 1 is 1.41 bits per heavy atom. The number of likely N-dealkylation sites (tertiary alicyclic amines) is 1. The van der Waals surface area contributed by atoms with Gasteiger partial charge in [-0.2, -0.15) is 0 Å². The topological polar surface area (TPSA) is 52.6 Å². The van der Waals surface area contributed by atoms with Crippen LogP contribution in [0, 0.1) is 11.3 Å². The molecule has 2 N–H and O–H groups in total. The average Bonchev–Trinajstić information content (AvgIpc) is 2.25. The van der Waals surface area contributed by atoms with Crippen LogP contribution in [0.3, 0.4) is 0 Å². The van der Waals surface area contributed by atoms with E-state index in [0.29, 0.717) is 12.6 Å². The van der Waals surface area contributed by atoms with E-state index in [4.69, 9.17) is 5.11 Å². The Hall–Kier alpha value is -0.610. The van der Waals surface area contributed by atoms with Crippen LogP contribution in [0.5, 0.6) is 0 Å². The standard InChI is InChI=1S/C13H26N2O2/c1-5-15-7-10(12(16)17)6-11(8-15)14-9-13(2,3)4/h10-11,14H,5-9H2,1-4H3,(H,16,17). The summed E-state index contributed by atoms with van der Waals surface area (Å²) >= 11 is 0. The van der Waals surface area contributed by atoms with Crippen molar-refractivity contribution >= 4 is 5.97 Å². The van der Waals surface area contributed by atoms with Crippen molar-refractivity contribution in [1.29, 1.82) is 0 Å². The van der Waals surface area contributed by atoms with Gasteiger partial charge >= 0.3 is 5.97 Å². The third kappa shape index (κ3) is 5.04. The Morgan fingerprint density at radius 3 is 2.53 bits per heavy atom. The third-order valence-corrected chi connectivity index (χ3v) is 3.24. The molecular weight excluding hydrogens is 216 g/mol. The average molecular weight is 242 g/mol. The molecule has 1 fully saturated rings. The van der Waals surface area contributed by atoms with E-state index < -0.39 is 5.97 Å². The molecule has 0 spiro atoms. The molecule has 1 aliphatic rings. The molecule has 2 unspecified atom stereocenters. The maximum absolute atomic E-state index is 11.1. The van der Waals surface area contributed by atoms with Crippen molar-refractivity contribution in [3.8, 4) is 0 Å². The summed E-state index contributed by atoms with van der Waals surface area (Å²) in [7, 11) is 0. The lowest BCUT2D eigenvalue weighted by molar-refractivity contribution is -0.144. The first-order chi connectivity index (χ1) is 7.81. The van der Waals surface area contributed by atoms with Gasteiger partial charge in [-0.05, 0) is 18.4 Å². The molecule has 1 saturated heterocycles. The van der Waals surface area contributed by atoms with Crippen LogP contribution in [0.2, 0.25) is 0 Å². The molecule has 0 aromatic rings. The molecule has 0 bridgehead atoms. The fourth-order valence-corrected chi connectivity index (χ4v) is 2.23. The van der Waals surface area contributed by atoms with Gasteiger partial charge in [0.1, 0.15) is 0 Å². The van der Waals surface area contributed by atoms with E-state index in [1.54, 1.807) is 0 Å². The summed E-state index contributed by atoms with van der Waals surface area (Å²) in [6, 6.07) is 0.309. The maximum atomic E-state index is 11.1. The van der Waals surface area contributed by atoms with Crippen LogP contribution in [0.25, 0.3) is 0 Å². The summed E-state index contributed by atoms with van der Waals surface area (Å²) in [5.74, 6) is -0.883. The highest BCUT2D eigenvalue weighted by molar-refractivity contribution is 5.70. The molecule has 1 rings (SSSR count). The first-order valence-corrected chi connectivity index (χ1v) is 6.50. The largest absolute Gasteiger partial charge is 0.481 e. The van der Waals surface area contributed by atoms with Crippen molar-refractivity contribution in [1.82, 2.24) is 10.2 Å². The maximum Gasteiger partial charge on any atom is 0.307 e. The molecule has 4 heteroatoms. The molecule has 0 amide bonds. The minimum atomic E-state index is -0.661. The number of aliphatic carboxylic acids is 1. The summed E-state index contributed by atoms with van der Waals surface area (Å²) in [5.41, 5.74) is 0.243. The number of piperidine rings is 1. The van der Waals surface area contributed by atoms with E-state index in [1.807, 2.05) is 0 Å². The predicted molar refractivity (Wildman–Crippen MR) is 69.1 cm³/mol. The Morgan fingerprint density at radius 2 is 2.06 bits per heavy atom. The number of carboxylic acid groups (broad SMARTS) is 1. The number of hydrogen-bond donors (Lipinski definition) is 2. The number of carboxylic acids is 1. The second-order valence-electron chi connectivity index (χ2n) is 6.26. The Kier molecular flexibility index (Phi) is 4.95. The van der Waals surface area contributed by atoms with Gasteiger partial charge in [0.25, 0.3) is 0 Å². The van der Waals surface area contributed by atoms with Gasteiger partial charge in [0.2, 0.25) is 0 Å². The summed E-state index contributed by atoms with van der Waals surface area (Å²) < 4.78 is 0. The lowest BCUT2D eigenvalue weighted by Crippen LogP contribution is -2.52. The van der Waals surface area contributed by atoms with E-state index in [9.17, 15) is 4.79 Å². The molecular formula is C13H26N2O2. The van der Waals surface area contributed by atoms with Gasteiger partial charge in [-0.1, -0.05) is 27.7 Å². The molecule has 0 aromatic carbocycles. The highest BCUT2D eigenvalue weighted by Gasteiger charge is 2.31. The number of nitrogens with zero attached hydrogens (tertiary/aromatic N) is 1. The molecule has 4 nitrogen and oxygen atoms in total. The predicted octanol–water partition coefficient (Wildman–Crippen LogP) is 1.42. The number of nitrogens with one attached hydrogen (secondary N) is 1. The summed E-state index contributed by atoms with van der Waals surface area (Å²) in [5, 5.41) is 12.6. The van der Waals surface area contributed by atoms with Crippen LogP contribution >= 0.6 is 0 Å². The van der Waals surface area contributed by atoms with Gasteiger partial charge in [0.05, 0.1) is 5.92 Å². The van der Waals surface area contributed by atoms with E-state index in [1.165, 1.54) is 0 Å². The van der Waals surface area contributed by atoms with Crippen molar-refractivity contribution in [3.63, 3.8) is 0 Å². The second-order valence-corrected chi connectivity index (χ2v) is 6.26. The first kappa shape index (κ1) is 14.5.